The first-order chi connectivity index (χ1) is 8.01. The summed E-state index contributed by atoms with van der Waals surface area (Å²) in [6.45, 7) is 0. The first-order valence-corrected chi connectivity index (χ1v) is 4.69. The molecule has 1 rings (SSSR count). The second-order valence-corrected chi connectivity index (χ2v) is 3.66. The minimum atomic E-state index is -4.88. The Balaban J connectivity index is 2.93. The summed E-state index contributed by atoms with van der Waals surface area (Å²) in [6, 6.07) is -0.659. The van der Waals surface area contributed by atoms with Gasteiger partial charge in [-0.05, 0) is 24.1 Å². The number of benzene rings is 1. The van der Waals surface area contributed by atoms with E-state index in [2.05, 4.69) is 0 Å². The topological polar surface area (TPSA) is 26.0 Å². The average molecular weight is 275 g/mol. The van der Waals surface area contributed by atoms with Crippen LogP contribution in [0.5, 0.6) is 0 Å². The fourth-order valence-corrected chi connectivity index (χ4v) is 1.29. The normalized spacial score (nSPS) is 14.7. The number of hydrogen-bond acceptors (Lipinski definition) is 1. The van der Waals surface area contributed by atoms with Gasteiger partial charge in [-0.1, -0.05) is 6.07 Å². The van der Waals surface area contributed by atoms with Crippen LogP contribution in [0.3, 0.4) is 0 Å². The number of nitrogens with two attached hydrogens (primary N) is 1. The summed E-state index contributed by atoms with van der Waals surface area (Å²) < 4.78 is 85.9. The van der Waals surface area contributed by atoms with Crippen LogP contribution in [0.15, 0.2) is 18.2 Å². The molecule has 8 heteroatoms. The SMILES string of the molecule is NC(Cc1ccc(C(F)(F)F)c(F)c1)C(F)(F)F. The Labute approximate surface area is 97.4 Å². The lowest BCUT2D eigenvalue weighted by Gasteiger charge is -2.16. The van der Waals surface area contributed by atoms with Gasteiger partial charge in [-0.2, -0.15) is 26.3 Å². The molecule has 102 valence electrons. The molecule has 0 bridgehead atoms. The zero-order chi connectivity index (χ0) is 14.1. The Morgan fingerprint density at radius 2 is 1.61 bits per heavy atom. The maximum absolute atomic E-state index is 13.1. The van der Waals surface area contributed by atoms with Crippen molar-refractivity contribution in [1.29, 1.82) is 0 Å². The van der Waals surface area contributed by atoms with Gasteiger partial charge < -0.3 is 5.73 Å². The van der Waals surface area contributed by atoms with Gasteiger partial charge in [-0.3, -0.25) is 0 Å². The monoisotopic (exact) mass is 275 g/mol. The minimum Gasteiger partial charge on any atom is -0.320 e. The van der Waals surface area contributed by atoms with Crippen LogP contribution < -0.4 is 5.73 Å². The molecule has 0 radical (unpaired) electrons. The van der Waals surface area contributed by atoms with Crippen LogP contribution in [0.4, 0.5) is 30.7 Å². The molecule has 0 saturated heterocycles. The van der Waals surface area contributed by atoms with Crippen molar-refractivity contribution in [2.45, 2.75) is 24.8 Å². The van der Waals surface area contributed by atoms with E-state index in [9.17, 15) is 30.7 Å². The van der Waals surface area contributed by atoms with E-state index in [4.69, 9.17) is 5.73 Å². The lowest BCUT2D eigenvalue weighted by Crippen LogP contribution is -2.39. The van der Waals surface area contributed by atoms with E-state index in [1.165, 1.54) is 0 Å². The third kappa shape index (κ3) is 3.59. The van der Waals surface area contributed by atoms with Crippen molar-refractivity contribution in [3.8, 4) is 0 Å². The zero-order valence-corrected chi connectivity index (χ0v) is 8.74. The van der Waals surface area contributed by atoms with Gasteiger partial charge in [0.15, 0.2) is 0 Å². The highest BCUT2D eigenvalue weighted by molar-refractivity contribution is 5.27. The first kappa shape index (κ1) is 14.7. The highest BCUT2D eigenvalue weighted by Gasteiger charge is 2.37. The van der Waals surface area contributed by atoms with Crippen molar-refractivity contribution in [3.63, 3.8) is 0 Å². The van der Waals surface area contributed by atoms with Crippen LogP contribution in [-0.4, -0.2) is 12.2 Å². The molecule has 0 saturated carbocycles. The Hall–Kier alpha value is -1.31. The number of rotatable bonds is 2. The molecular weight excluding hydrogens is 267 g/mol. The Bertz CT molecular complexity index is 421. The van der Waals surface area contributed by atoms with Gasteiger partial charge in [-0.25, -0.2) is 4.39 Å². The average Bonchev–Trinajstić information content (AvgIpc) is 2.13. The van der Waals surface area contributed by atoms with Crippen molar-refractivity contribution in [2.24, 2.45) is 5.73 Å². The van der Waals surface area contributed by atoms with E-state index in [1.807, 2.05) is 0 Å². The predicted octanol–water partition coefficient (Wildman–Crippen LogP) is 3.28. The molecule has 1 nitrogen and oxygen atoms in total. The van der Waals surface area contributed by atoms with Gasteiger partial charge in [0.05, 0.1) is 5.56 Å². The zero-order valence-electron chi connectivity index (χ0n) is 8.74. The van der Waals surface area contributed by atoms with Crippen molar-refractivity contribution in [1.82, 2.24) is 0 Å². The van der Waals surface area contributed by atoms with E-state index < -0.39 is 36.2 Å². The highest BCUT2D eigenvalue weighted by atomic mass is 19.4. The maximum atomic E-state index is 13.1. The van der Waals surface area contributed by atoms with Crippen LogP contribution in [0, 0.1) is 5.82 Å². The van der Waals surface area contributed by atoms with E-state index in [1.54, 1.807) is 0 Å². The molecule has 18 heavy (non-hydrogen) atoms. The van der Waals surface area contributed by atoms with Gasteiger partial charge in [0.2, 0.25) is 0 Å². The number of hydrogen-bond donors (Lipinski definition) is 1. The molecule has 2 N–H and O–H groups in total. The summed E-state index contributed by atoms with van der Waals surface area (Å²) in [5.74, 6) is -1.62. The molecule has 0 aliphatic rings. The lowest BCUT2D eigenvalue weighted by molar-refractivity contribution is -0.147. The van der Waals surface area contributed by atoms with E-state index >= 15 is 0 Å². The Morgan fingerprint density at radius 3 is 2.00 bits per heavy atom. The van der Waals surface area contributed by atoms with Crippen LogP contribution in [0.1, 0.15) is 11.1 Å². The van der Waals surface area contributed by atoms with Gasteiger partial charge in [0.1, 0.15) is 11.9 Å². The second kappa shape index (κ2) is 4.75. The highest BCUT2D eigenvalue weighted by Crippen LogP contribution is 2.32. The maximum Gasteiger partial charge on any atom is 0.419 e. The van der Waals surface area contributed by atoms with Gasteiger partial charge >= 0.3 is 12.4 Å². The fraction of sp³-hybridized carbons (Fsp3) is 0.400. The molecule has 0 fully saturated rings. The largest absolute Gasteiger partial charge is 0.419 e. The molecule has 0 aliphatic carbocycles. The van der Waals surface area contributed by atoms with Crippen LogP contribution in [0.25, 0.3) is 0 Å². The van der Waals surface area contributed by atoms with E-state index in [0.29, 0.717) is 12.1 Å². The third-order valence-electron chi connectivity index (χ3n) is 2.21. The molecule has 0 aromatic heterocycles. The number of alkyl halides is 6. The smallest absolute Gasteiger partial charge is 0.320 e. The van der Waals surface area contributed by atoms with Gasteiger partial charge in [0, 0.05) is 0 Å². The molecular formula is C10H8F7N. The summed E-state index contributed by atoms with van der Waals surface area (Å²) in [5.41, 5.74) is 3.02. The van der Waals surface area contributed by atoms with Crippen LogP contribution in [-0.2, 0) is 12.6 Å². The molecule has 1 aromatic carbocycles. The first-order valence-electron chi connectivity index (χ1n) is 4.69. The summed E-state index contributed by atoms with van der Waals surface area (Å²) in [5, 5.41) is 0. The van der Waals surface area contributed by atoms with E-state index in [-0.39, 0.29) is 5.56 Å². The predicted molar refractivity (Wildman–Crippen MR) is 49.1 cm³/mol. The minimum absolute atomic E-state index is 0.245. The van der Waals surface area contributed by atoms with Gasteiger partial charge in [0.25, 0.3) is 0 Å². The van der Waals surface area contributed by atoms with Gasteiger partial charge in [-0.15, -0.1) is 0 Å². The standard InChI is InChI=1S/C10H8F7N/c11-7-3-5(4-8(18)10(15,16)17)1-2-6(7)9(12,13)14/h1-3,8H,4,18H2. The second-order valence-electron chi connectivity index (χ2n) is 3.66. The Kier molecular flexibility index (Phi) is 3.89. The number of halogens is 7. The lowest BCUT2D eigenvalue weighted by atomic mass is 10.0. The van der Waals surface area contributed by atoms with Crippen molar-refractivity contribution in [2.75, 3.05) is 0 Å². The van der Waals surface area contributed by atoms with Crippen molar-refractivity contribution < 1.29 is 30.7 Å². The van der Waals surface area contributed by atoms with E-state index in [0.717, 1.165) is 6.07 Å². The van der Waals surface area contributed by atoms with Crippen molar-refractivity contribution in [3.05, 3.63) is 35.1 Å². The van der Waals surface area contributed by atoms with Crippen LogP contribution >= 0.6 is 0 Å². The Morgan fingerprint density at radius 1 is 1.06 bits per heavy atom. The molecule has 0 aliphatic heterocycles. The molecule has 1 atom stereocenters. The summed E-state index contributed by atoms with van der Waals surface area (Å²) in [7, 11) is 0. The third-order valence-corrected chi connectivity index (χ3v) is 2.21. The fourth-order valence-electron chi connectivity index (χ4n) is 1.29. The molecule has 1 unspecified atom stereocenters. The molecule has 0 heterocycles. The summed E-state index contributed by atoms with van der Waals surface area (Å²) in [4.78, 5) is 0. The summed E-state index contributed by atoms with van der Waals surface area (Å²) >= 11 is 0. The quantitative estimate of drug-likeness (QED) is 0.823. The van der Waals surface area contributed by atoms with Crippen molar-refractivity contribution >= 4 is 0 Å². The summed E-state index contributed by atoms with van der Waals surface area (Å²) in [6.07, 6.45) is -10.3. The molecule has 0 amide bonds. The van der Waals surface area contributed by atoms with Crippen LogP contribution in [0.2, 0.25) is 0 Å². The molecule has 1 aromatic rings. The molecule has 0 spiro atoms.